The molecule has 2 aromatic rings. The molecule has 1 N–H and O–H groups in total. The summed E-state index contributed by atoms with van der Waals surface area (Å²) in [5, 5.41) is 4.23. The molecule has 0 atom stereocenters. The summed E-state index contributed by atoms with van der Waals surface area (Å²) in [5.41, 5.74) is 3.42. The highest BCUT2D eigenvalue weighted by molar-refractivity contribution is 7.80. The molecule has 0 aliphatic carbocycles. The van der Waals surface area contributed by atoms with E-state index in [-0.39, 0.29) is 11.0 Å². The average Bonchev–Trinajstić information content (AvgIpc) is 3.21. The second-order valence-corrected chi connectivity index (χ2v) is 10.5. The summed E-state index contributed by atoms with van der Waals surface area (Å²) in [5.74, 6) is -1.72. The predicted molar refractivity (Wildman–Crippen MR) is 136 cm³/mol. The van der Waals surface area contributed by atoms with Crippen LogP contribution in [0.15, 0.2) is 30.3 Å². The summed E-state index contributed by atoms with van der Waals surface area (Å²) in [6, 6.07) is 8.83. The minimum Gasteiger partial charge on any atom is -0.348 e. The molecule has 1 amide bonds. The number of nitrogens with one attached hydrogen (secondary N) is 1. The standard InChI is InChI=1S/C27H33F2N3OS/c1-17(2)20-7-5-6-19(4)24(20)30-26(34)32-15-12-27(16-32)10-13-31(14-11-27)25(33)22-21(28)9-8-18(3)23(22)29/h5-9,17H,10-16H2,1-4H3,(H,30,34). The van der Waals surface area contributed by atoms with Crippen molar-refractivity contribution in [1.29, 1.82) is 0 Å². The van der Waals surface area contributed by atoms with Gasteiger partial charge >= 0.3 is 0 Å². The maximum atomic E-state index is 14.5. The second kappa shape index (κ2) is 9.61. The zero-order valence-electron chi connectivity index (χ0n) is 20.4. The molecule has 0 unspecified atom stereocenters. The third kappa shape index (κ3) is 4.67. The average molecular weight is 486 g/mol. The van der Waals surface area contributed by atoms with E-state index in [4.69, 9.17) is 12.2 Å². The van der Waals surface area contributed by atoms with E-state index in [0.717, 1.165) is 43.2 Å². The molecule has 2 aromatic carbocycles. The first kappa shape index (κ1) is 24.6. The van der Waals surface area contributed by atoms with Gasteiger partial charge in [-0.15, -0.1) is 0 Å². The van der Waals surface area contributed by atoms with Crippen molar-refractivity contribution >= 4 is 28.9 Å². The van der Waals surface area contributed by atoms with E-state index in [0.29, 0.717) is 19.0 Å². The van der Waals surface area contributed by atoms with Crippen LogP contribution in [0.25, 0.3) is 0 Å². The number of hydrogen-bond acceptors (Lipinski definition) is 2. The zero-order chi connectivity index (χ0) is 24.6. The van der Waals surface area contributed by atoms with Crippen molar-refractivity contribution < 1.29 is 13.6 Å². The number of nitrogens with zero attached hydrogens (tertiary/aromatic N) is 2. The number of halogens is 2. The molecular weight excluding hydrogens is 452 g/mol. The van der Waals surface area contributed by atoms with Gasteiger partial charge in [-0.05, 0) is 79.4 Å². The Bertz CT molecular complexity index is 1110. The highest BCUT2D eigenvalue weighted by Gasteiger charge is 2.42. The molecule has 4 nitrogen and oxygen atoms in total. The Morgan fingerprint density at radius 3 is 2.29 bits per heavy atom. The van der Waals surface area contributed by atoms with Crippen LogP contribution in [0.1, 0.15) is 66.1 Å². The van der Waals surface area contributed by atoms with Crippen LogP contribution in [0.4, 0.5) is 14.5 Å². The smallest absolute Gasteiger partial charge is 0.259 e. The van der Waals surface area contributed by atoms with E-state index in [2.05, 4.69) is 49.2 Å². The number of benzene rings is 2. The van der Waals surface area contributed by atoms with E-state index in [9.17, 15) is 13.6 Å². The maximum Gasteiger partial charge on any atom is 0.259 e. The Labute approximate surface area is 206 Å². The summed E-state index contributed by atoms with van der Waals surface area (Å²) < 4.78 is 28.7. The molecule has 0 aromatic heterocycles. The van der Waals surface area contributed by atoms with E-state index in [1.54, 1.807) is 11.8 Å². The van der Waals surface area contributed by atoms with Crippen LogP contribution >= 0.6 is 12.2 Å². The number of rotatable bonds is 3. The first-order valence-corrected chi connectivity index (χ1v) is 12.4. The maximum absolute atomic E-state index is 14.5. The van der Waals surface area contributed by atoms with Crippen molar-refractivity contribution in [3.05, 3.63) is 64.2 Å². The van der Waals surface area contributed by atoms with E-state index >= 15 is 0 Å². The van der Waals surface area contributed by atoms with Gasteiger partial charge in [-0.1, -0.05) is 38.1 Å². The number of aryl methyl sites for hydroxylation is 2. The Hall–Kier alpha value is -2.54. The molecule has 2 saturated heterocycles. The molecule has 4 rings (SSSR count). The van der Waals surface area contributed by atoms with Crippen molar-refractivity contribution in [2.75, 3.05) is 31.5 Å². The summed E-state index contributed by atoms with van der Waals surface area (Å²) in [6.07, 6.45) is 2.60. The van der Waals surface area contributed by atoms with Crippen LogP contribution in [-0.2, 0) is 0 Å². The molecular formula is C27H33F2N3OS. The van der Waals surface area contributed by atoms with Crippen molar-refractivity contribution in [1.82, 2.24) is 9.80 Å². The van der Waals surface area contributed by atoms with Gasteiger partial charge in [0.2, 0.25) is 0 Å². The highest BCUT2D eigenvalue weighted by Crippen LogP contribution is 2.41. The lowest BCUT2D eigenvalue weighted by molar-refractivity contribution is 0.0589. The Balaban J connectivity index is 1.40. The lowest BCUT2D eigenvalue weighted by Gasteiger charge is -2.39. The first-order valence-electron chi connectivity index (χ1n) is 12.0. The van der Waals surface area contributed by atoms with Crippen molar-refractivity contribution in [2.45, 2.75) is 52.9 Å². The summed E-state index contributed by atoms with van der Waals surface area (Å²) in [6.45, 7) is 10.7. The van der Waals surface area contributed by atoms with Crippen LogP contribution in [-0.4, -0.2) is 47.0 Å². The van der Waals surface area contributed by atoms with Crippen LogP contribution in [0.2, 0.25) is 0 Å². The van der Waals surface area contributed by atoms with Crippen molar-refractivity contribution in [3.8, 4) is 0 Å². The third-order valence-corrected chi connectivity index (χ3v) is 7.85. The van der Waals surface area contributed by atoms with Crippen LogP contribution in [0.5, 0.6) is 0 Å². The van der Waals surface area contributed by atoms with Crippen LogP contribution in [0.3, 0.4) is 0 Å². The summed E-state index contributed by atoms with van der Waals surface area (Å²) in [7, 11) is 0. The number of para-hydroxylation sites is 1. The number of carbonyl (C=O) groups is 1. The van der Waals surface area contributed by atoms with Gasteiger partial charge in [-0.25, -0.2) is 8.78 Å². The molecule has 2 heterocycles. The molecule has 7 heteroatoms. The van der Waals surface area contributed by atoms with Crippen molar-refractivity contribution in [3.63, 3.8) is 0 Å². The normalized spacial score (nSPS) is 17.5. The predicted octanol–water partition coefficient (Wildman–Crippen LogP) is 6.03. The number of hydrogen-bond donors (Lipinski definition) is 1. The number of piperidine rings is 1. The van der Waals surface area contributed by atoms with Gasteiger partial charge in [0, 0.05) is 31.9 Å². The molecule has 0 bridgehead atoms. The first-order chi connectivity index (χ1) is 16.1. The number of amides is 1. The molecule has 0 radical (unpaired) electrons. The molecule has 2 aliphatic rings. The Morgan fingerprint density at radius 2 is 1.65 bits per heavy atom. The van der Waals surface area contributed by atoms with Gasteiger partial charge in [-0.2, -0.15) is 0 Å². The summed E-state index contributed by atoms with van der Waals surface area (Å²) >= 11 is 5.79. The SMILES string of the molecule is Cc1ccc(F)c(C(=O)N2CCC3(CC2)CCN(C(=S)Nc2c(C)cccc2C(C)C)C3)c1F. The van der Waals surface area contributed by atoms with Gasteiger partial charge in [0.25, 0.3) is 5.91 Å². The molecule has 0 saturated carbocycles. The lowest BCUT2D eigenvalue weighted by atomic mass is 9.77. The third-order valence-electron chi connectivity index (χ3n) is 7.49. The van der Waals surface area contributed by atoms with E-state index < -0.39 is 23.1 Å². The van der Waals surface area contributed by atoms with Crippen molar-refractivity contribution in [2.24, 2.45) is 5.41 Å². The highest BCUT2D eigenvalue weighted by atomic mass is 32.1. The number of anilines is 1. The number of likely N-dealkylation sites (tertiary alicyclic amines) is 2. The van der Waals surface area contributed by atoms with Gasteiger partial charge in [0.1, 0.15) is 17.2 Å². The minimum absolute atomic E-state index is 0.0683. The largest absolute Gasteiger partial charge is 0.348 e. The Kier molecular flexibility index (Phi) is 6.94. The van der Waals surface area contributed by atoms with Crippen LogP contribution < -0.4 is 5.32 Å². The quantitative estimate of drug-likeness (QED) is 0.539. The fourth-order valence-electron chi connectivity index (χ4n) is 5.24. The van der Waals surface area contributed by atoms with E-state index in [1.165, 1.54) is 23.3 Å². The van der Waals surface area contributed by atoms with Gasteiger partial charge in [0.05, 0.1) is 0 Å². The molecule has 1 spiro atoms. The number of carbonyl (C=O) groups excluding carboxylic acids is 1. The van der Waals surface area contributed by atoms with Gasteiger partial charge < -0.3 is 15.1 Å². The molecule has 2 aliphatic heterocycles. The van der Waals surface area contributed by atoms with Crippen LogP contribution in [0, 0.1) is 30.9 Å². The number of thiocarbonyl (C=S) groups is 1. The molecule has 34 heavy (non-hydrogen) atoms. The molecule has 2 fully saturated rings. The fraction of sp³-hybridized carbons (Fsp3) is 0.481. The van der Waals surface area contributed by atoms with Gasteiger partial charge in [0.15, 0.2) is 5.11 Å². The zero-order valence-corrected chi connectivity index (χ0v) is 21.2. The fourth-order valence-corrected chi connectivity index (χ4v) is 5.50. The lowest BCUT2D eigenvalue weighted by Crippen LogP contribution is -2.45. The monoisotopic (exact) mass is 485 g/mol. The summed E-state index contributed by atoms with van der Waals surface area (Å²) in [4.78, 5) is 16.7. The van der Waals surface area contributed by atoms with E-state index in [1.807, 2.05) is 0 Å². The Morgan fingerprint density at radius 1 is 1.00 bits per heavy atom. The minimum atomic E-state index is -0.797. The second-order valence-electron chi connectivity index (χ2n) is 10.1. The molecule has 182 valence electrons. The van der Waals surface area contributed by atoms with Gasteiger partial charge in [-0.3, -0.25) is 4.79 Å². The topological polar surface area (TPSA) is 35.6 Å².